The summed E-state index contributed by atoms with van der Waals surface area (Å²) in [6, 6.07) is -1.42. The molecule has 0 aromatic carbocycles. The molecule has 0 radical (unpaired) electrons. The first-order valence-electron chi connectivity index (χ1n) is 13.9. The number of aliphatic hydroxyl groups is 1. The maximum Gasteiger partial charge on any atom is 0.312 e. The van der Waals surface area contributed by atoms with Gasteiger partial charge in [0.25, 0.3) is 0 Å². The standard InChI is InChI=1S/C28H46N2O6/c1-7-11-12-16-29(15-8-2)25(33)23-28-14-13-27(9-3,36-28)22(26(34)35-10-4)21(28)24(32)30(23)20(18-31)17-19(5)6/h8,19-23,31H,2,7,9-18H2,1,3-6H3/t20-,21+,22-,23?,27+,28?/m1/s1. The van der Waals surface area contributed by atoms with E-state index in [9.17, 15) is 19.5 Å². The van der Waals surface area contributed by atoms with Crippen molar-refractivity contribution in [1.29, 1.82) is 0 Å². The van der Waals surface area contributed by atoms with Gasteiger partial charge in [0, 0.05) is 13.1 Å². The third-order valence-electron chi connectivity index (χ3n) is 8.43. The van der Waals surface area contributed by atoms with Crippen LogP contribution in [0.1, 0.15) is 79.6 Å². The number of unbranched alkanes of at least 4 members (excludes halogenated alkanes) is 2. The molecular formula is C28H46N2O6. The largest absolute Gasteiger partial charge is 0.466 e. The molecule has 2 bridgehead atoms. The van der Waals surface area contributed by atoms with Crippen LogP contribution in [0.15, 0.2) is 12.7 Å². The SMILES string of the molecule is C=CCN(CCCCC)C(=O)C1N([C@@H](CO)CC(C)C)C(=O)[C@@H]2[C@H](C(=O)OCC)[C@]3(CC)CCC12O3. The molecule has 8 nitrogen and oxygen atoms in total. The Labute approximate surface area is 216 Å². The predicted octanol–water partition coefficient (Wildman–Crippen LogP) is 3.32. The van der Waals surface area contributed by atoms with Gasteiger partial charge >= 0.3 is 5.97 Å². The van der Waals surface area contributed by atoms with Crippen LogP contribution >= 0.6 is 0 Å². The first-order valence-corrected chi connectivity index (χ1v) is 13.9. The Hall–Kier alpha value is -1.93. The molecule has 3 heterocycles. The molecule has 2 amide bonds. The van der Waals surface area contributed by atoms with Crippen molar-refractivity contribution in [3.63, 3.8) is 0 Å². The van der Waals surface area contributed by atoms with E-state index in [0.717, 1.165) is 19.3 Å². The van der Waals surface area contributed by atoms with Crippen LogP contribution in [0.5, 0.6) is 0 Å². The minimum Gasteiger partial charge on any atom is -0.466 e. The summed E-state index contributed by atoms with van der Waals surface area (Å²) >= 11 is 0. The topological polar surface area (TPSA) is 96.4 Å². The summed E-state index contributed by atoms with van der Waals surface area (Å²) < 4.78 is 12.2. The normalized spacial score (nSPS) is 31.6. The second-order valence-corrected chi connectivity index (χ2v) is 11.1. The fourth-order valence-corrected chi connectivity index (χ4v) is 6.91. The van der Waals surface area contributed by atoms with Crippen molar-refractivity contribution in [3.8, 4) is 0 Å². The van der Waals surface area contributed by atoms with E-state index in [0.29, 0.717) is 38.8 Å². The van der Waals surface area contributed by atoms with Crippen LogP contribution in [0.2, 0.25) is 0 Å². The highest BCUT2D eigenvalue weighted by molar-refractivity contribution is 5.98. The number of ether oxygens (including phenoxy) is 2. The number of esters is 1. The molecule has 204 valence electrons. The molecule has 3 fully saturated rings. The third-order valence-corrected chi connectivity index (χ3v) is 8.43. The highest BCUT2D eigenvalue weighted by atomic mass is 16.6. The first-order chi connectivity index (χ1) is 17.2. The number of aliphatic hydroxyl groups excluding tert-OH is 1. The average Bonchev–Trinajstić information content (AvgIpc) is 3.45. The van der Waals surface area contributed by atoms with Gasteiger partial charge in [-0.25, -0.2) is 0 Å². The molecule has 2 unspecified atom stereocenters. The molecule has 1 spiro atoms. The zero-order valence-corrected chi connectivity index (χ0v) is 22.8. The number of amides is 2. The Morgan fingerprint density at radius 3 is 2.56 bits per heavy atom. The van der Waals surface area contributed by atoms with Crippen molar-refractivity contribution in [2.24, 2.45) is 17.8 Å². The lowest BCUT2D eigenvalue weighted by Crippen LogP contribution is -2.59. The van der Waals surface area contributed by atoms with Gasteiger partial charge in [-0.3, -0.25) is 14.4 Å². The second kappa shape index (κ2) is 11.6. The third kappa shape index (κ3) is 4.71. The van der Waals surface area contributed by atoms with Crippen molar-refractivity contribution in [2.75, 3.05) is 26.3 Å². The fraction of sp³-hybridized carbons (Fsp3) is 0.821. The van der Waals surface area contributed by atoms with Gasteiger partial charge in [0.05, 0.1) is 30.8 Å². The maximum absolute atomic E-state index is 14.3. The van der Waals surface area contributed by atoms with Gasteiger partial charge in [-0.05, 0) is 44.9 Å². The van der Waals surface area contributed by atoms with Crippen molar-refractivity contribution >= 4 is 17.8 Å². The van der Waals surface area contributed by atoms with Gasteiger partial charge < -0.3 is 24.4 Å². The molecule has 0 aliphatic carbocycles. The minimum atomic E-state index is -1.10. The summed E-state index contributed by atoms with van der Waals surface area (Å²) in [5.74, 6) is -2.22. The second-order valence-electron chi connectivity index (χ2n) is 11.1. The lowest BCUT2D eigenvalue weighted by molar-refractivity contribution is -0.163. The van der Waals surface area contributed by atoms with E-state index in [1.807, 2.05) is 20.8 Å². The Bertz CT molecular complexity index is 831. The van der Waals surface area contributed by atoms with Crippen LogP contribution in [0.4, 0.5) is 0 Å². The molecule has 36 heavy (non-hydrogen) atoms. The Kier molecular flexibility index (Phi) is 9.25. The lowest BCUT2D eigenvalue weighted by atomic mass is 9.65. The predicted molar refractivity (Wildman–Crippen MR) is 137 cm³/mol. The molecule has 0 aromatic heterocycles. The molecule has 3 rings (SSSR count). The molecular weight excluding hydrogens is 460 g/mol. The average molecular weight is 507 g/mol. The van der Waals surface area contributed by atoms with Crippen LogP contribution in [-0.4, -0.2) is 82.3 Å². The molecule has 1 N–H and O–H groups in total. The van der Waals surface area contributed by atoms with Gasteiger partial charge in [0.2, 0.25) is 11.8 Å². The van der Waals surface area contributed by atoms with Crippen LogP contribution in [0.3, 0.4) is 0 Å². The Balaban J connectivity index is 2.11. The van der Waals surface area contributed by atoms with Crippen LogP contribution in [-0.2, 0) is 23.9 Å². The molecule has 0 saturated carbocycles. The highest BCUT2D eigenvalue weighted by Crippen LogP contribution is 2.65. The zero-order chi connectivity index (χ0) is 26.7. The van der Waals surface area contributed by atoms with E-state index in [-0.39, 0.29) is 30.9 Å². The quantitative estimate of drug-likeness (QED) is 0.221. The van der Waals surface area contributed by atoms with Gasteiger partial charge in [-0.2, -0.15) is 0 Å². The monoisotopic (exact) mass is 506 g/mol. The summed E-state index contributed by atoms with van der Waals surface area (Å²) in [6.07, 6.45) is 6.82. The van der Waals surface area contributed by atoms with Crippen molar-refractivity contribution in [2.45, 2.75) is 103 Å². The van der Waals surface area contributed by atoms with Gasteiger partial charge in [-0.15, -0.1) is 6.58 Å². The van der Waals surface area contributed by atoms with E-state index in [2.05, 4.69) is 13.5 Å². The number of likely N-dealkylation sites (tertiary alicyclic amines) is 1. The zero-order valence-electron chi connectivity index (χ0n) is 22.8. The number of hydrogen-bond donors (Lipinski definition) is 1. The van der Waals surface area contributed by atoms with Crippen LogP contribution < -0.4 is 0 Å². The van der Waals surface area contributed by atoms with Gasteiger partial charge in [-0.1, -0.05) is 46.6 Å². The summed E-state index contributed by atoms with van der Waals surface area (Å²) in [6.45, 7) is 14.6. The molecule has 8 heteroatoms. The molecule has 3 aliphatic heterocycles. The van der Waals surface area contributed by atoms with Crippen LogP contribution in [0.25, 0.3) is 0 Å². The molecule has 0 aromatic rings. The highest BCUT2D eigenvalue weighted by Gasteiger charge is 2.79. The van der Waals surface area contributed by atoms with E-state index in [4.69, 9.17) is 9.47 Å². The van der Waals surface area contributed by atoms with Gasteiger partial charge in [0.15, 0.2) is 0 Å². The van der Waals surface area contributed by atoms with E-state index in [1.165, 1.54) is 0 Å². The number of fused-ring (bicyclic) bond motifs is 1. The van der Waals surface area contributed by atoms with Crippen molar-refractivity contribution in [3.05, 3.63) is 12.7 Å². The molecule has 3 saturated heterocycles. The molecule has 3 aliphatic rings. The fourth-order valence-electron chi connectivity index (χ4n) is 6.91. The van der Waals surface area contributed by atoms with Crippen molar-refractivity contribution in [1.82, 2.24) is 9.80 Å². The van der Waals surface area contributed by atoms with Gasteiger partial charge in [0.1, 0.15) is 17.6 Å². The summed E-state index contributed by atoms with van der Waals surface area (Å²) in [4.78, 5) is 45.2. The lowest BCUT2D eigenvalue weighted by Gasteiger charge is -2.40. The number of nitrogens with zero attached hydrogens (tertiary/aromatic N) is 2. The Morgan fingerprint density at radius 1 is 1.28 bits per heavy atom. The smallest absolute Gasteiger partial charge is 0.312 e. The number of hydrogen-bond acceptors (Lipinski definition) is 6. The maximum atomic E-state index is 14.3. The number of rotatable bonds is 14. The summed E-state index contributed by atoms with van der Waals surface area (Å²) in [7, 11) is 0. The van der Waals surface area contributed by atoms with E-state index >= 15 is 0 Å². The van der Waals surface area contributed by atoms with Crippen molar-refractivity contribution < 1.29 is 29.0 Å². The minimum absolute atomic E-state index is 0.180. The van der Waals surface area contributed by atoms with E-state index < -0.39 is 41.1 Å². The summed E-state index contributed by atoms with van der Waals surface area (Å²) in [5.41, 5.74) is -1.91. The van der Waals surface area contributed by atoms with E-state index in [1.54, 1.807) is 22.8 Å². The number of carbonyl (C=O) groups excluding carboxylic acids is 3. The first kappa shape index (κ1) is 28.6. The Morgan fingerprint density at radius 2 is 2.00 bits per heavy atom. The molecule has 6 atom stereocenters. The summed E-state index contributed by atoms with van der Waals surface area (Å²) in [5, 5.41) is 10.4. The van der Waals surface area contributed by atoms with Crippen LogP contribution in [0, 0.1) is 17.8 Å². The number of carbonyl (C=O) groups is 3.